The van der Waals surface area contributed by atoms with Crippen molar-refractivity contribution in [3.63, 3.8) is 0 Å². The van der Waals surface area contributed by atoms with Gasteiger partial charge in [0.15, 0.2) is 0 Å². The summed E-state index contributed by atoms with van der Waals surface area (Å²) < 4.78 is 0. The number of fused-ring (bicyclic) bond motifs is 1. The summed E-state index contributed by atoms with van der Waals surface area (Å²) in [6.45, 7) is 7.84. The van der Waals surface area contributed by atoms with Crippen molar-refractivity contribution in [1.29, 1.82) is 0 Å². The Morgan fingerprint density at radius 2 is 1.81 bits per heavy atom. The lowest BCUT2D eigenvalue weighted by Crippen LogP contribution is -2.25. The number of carbonyl (C=O) groups is 1. The number of benzene rings is 2. The second-order valence-corrected chi connectivity index (χ2v) is 6.21. The zero-order valence-corrected chi connectivity index (χ0v) is 12.9. The topological polar surface area (TPSA) is 20.3 Å². The molecule has 1 amide bonds. The number of aryl methyl sites for hydroxylation is 1. The molecule has 0 aromatic heterocycles. The first-order chi connectivity index (χ1) is 10.0. The van der Waals surface area contributed by atoms with Crippen LogP contribution in [0, 0.1) is 6.92 Å². The Balaban J connectivity index is 1.83. The van der Waals surface area contributed by atoms with Gasteiger partial charge in [-0.25, -0.2) is 0 Å². The number of hydrogen-bond donors (Lipinski definition) is 0. The van der Waals surface area contributed by atoms with E-state index in [9.17, 15) is 4.79 Å². The molecule has 1 aliphatic rings. The summed E-state index contributed by atoms with van der Waals surface area (Å²) in [5.74, 6) is 0.572. The van der Waals surface area contributed by atoms with Gasteiger partial charge in [0.2, 0.25) is 0 Å². The molecule has 0 spiro atoms. The Labute approximate surface area is 126 Å². The zero-order chi connectivity index (χ0) is 15.0. The lowest BCUT2D eigenvalue weighted by atomic mass is 10.0. The van der Waals surface area contributed by atoms with Crippen LogP contribution >= 0.6 is 0 Å². The molecule has 0 unspecified atom stereocenters. The van der Waals surface area contributed by atoms with Crippen LogP contribution in [0.5, 0.6) is 0 Å². The summed E-state index contributed by atoms with van der Waals surface area (Å²) in [5.41, 5.74) is 5.82. The first-order valence-electron chi connectivity index (χ1n) is 7.52. The van der Waals surface area contributed by atoms with E-state index in [2.05, 4.69) is 45.0 Å². The van der Waals surface area contributed by atoms with Crippen LogP contribution in [0.1, 0.15) is 52.4 Å². The molecule has 0 N–H and O–H groups in total. The molecule has 1 aliphatic heterocycles. The van der Waals surface area contributed by atoms with Crippen LogP contribution < -0.4 is 0 Å². The average Bonchev–Trinajstić information content (AvgIpc) is 2.89. The van der Waals surface area contributed by atoms with Crippen molar-refractivity contribution >= 4 is 5.91 Å². The minimum Gasteiger partial charge on any atom is -0.330 e. The molecule has 0 aliphatic carbocycles. The molecule has 0 saturated heterocycles. The quantitative estimate of drug-likeness (QED) is 0.803. The molecule has 0 bridgehead atoms. The van der Waals surface area contributed by atoms with Gasteiger partial charge < -0.3 is 4.90 Å². The summed E-state index contributed by atoms with van der Waals surface area (Å²) >= 11 is 0. The Bertz CT molecular complexity index is 688. The molecule has 3 rings (SSSR count). The predicted octanol–water partition coefficient (Wildman–Crippen LogP) is 4.27. The van der Waals surface area contributed by atoms with Crippen LogP contribution in [0.4, 0.5) is 0 Å². The van der Waals surface area contributed by atoms with Gasteiger partial charge in [-0.1, -0.05) is 49.7 Å². The van der Waals surface area contributed by atoms with Gasteiger partial charge in [0, 0.05) is 18.7 Å². The fourth-order valence-electron chi connectivity index (χ4n) is 2.88. The average molecular weight is 279 g/mol. The third-order valence-electron chi connectivity index (χ3n) is 4.17. The summed E-state index contributed by atoms with van der Waals surface area (Å²) in [5, 5.41) is 0. The van der Waals surface area contributed by atoms with E-state index in [4.69, 9.17) is 0 Å². The molecule has 0 fully saturated rings. The highest BCUT2D eigenvalue weighted by Crippen LogP contribution is 2.26. The molecule has 2 aromatic carbocycles. The fourth-order valence-corrected chi connectivity index (χ4v) is 2.88. The molecule has 2 aromatic rings. The van der Waals surface area contributed by atoms with Crippen LogP contribution in [-0.4, -0.2) is 10.8 Å². The van der Waals surface area contributed by atoms with Crippen LogP contribution in [0.2, 0.25) is 0 Å². The molecule has 2 nitrogen and oxygen atoms in total. The van der Waals surface area contributed by atoms with Crippen molar-refractivity contribution in [3.05, 3.63) is 70.3 Å². The smallest absolute Gasteiger partial charge is 0.254 e. The maximum atomic E-state index is 12.7. The van der Waals surface area contributed by atoms with Gasteiger partial charge in [-0.05, 0) is 41.7 Å². The largest absolute Gasteiger partial charge is 0.330 e. The summed E-state index contributed by atoms with van der Waals surface area (Å²) in [6, 6.07) is 14.5. The van der Waals surface area contributed by atoms with Gasteiger partial charge in [-0.2, -0.15) is 0 Å². The minimum absolute atomic E-state index is 0.131. The highest BCUT2D eigenvalue weighted by atomic mass is 16.2. The molecule has 2 heteroatoms. The number of rotatable bonds is 2. The number of hydrogen-bond acceptors (Lipinski definition) is 1. The van der Waals surface area contributed by atoms with Crippen molar-refractivity contribution in [2.45, 2.75) is 39.8 Å². The number of amides is 1. The van der Waals surface area contributed by atoms with Gasteiger partial charge in [0.1, 0.15) is 0 Å². The maximum Gasteiger partial charge on any atom is 0.254 e. The predicted molar refractivity (Wildman–Crippen MR) is 85.3 cm³/mol. The van der Waals surface area contributed by atoms with Gasteiger partial charge in [0.05, 0.1) is 0 Å². The molecule has 1 heterocycles. The highest BCUT2D eigenvalue weighted by Gasteiger charge is 2.24. The molecule has 0 radical (unpaired) electrons. The standard InChI is InChI=1S/C19H21NO/c1-13(2)15-5-4-6-16(10-15)19(21)20-11-17-8-7-14(3)9-18(17)12-20/h4-10,13H,11-12H2,1-3H3. The molecular formula is C19H21NO. The molecular weight excluding hydrogens is 258 g/mol. The van der Waals surface area contributed by atoms with Crippen LogP contribution in [0.3, 0.4) is 0 Å². The molecule has 21 heavy (non-hydrogen) atoms. The van der Waals surface area contributed by atoms with E-state index in [0.29, 0.717) is 5.92 Å². The maximum absolute atomic E-state index is 12.7. The summed E-state index contributed by atoms with van der Waals surface area (Å²) in [4.78, 5) is 14.6. The fraction of sp³-hybridized carbons (Fsp3) is 0.316. The summed E-state index contributed by atoms with van der Waals surface area (Å²) in [7, 11) is 0. The first-order valence-corrected chi connectivity index (χ1v) is 7.52. The van der Waals surface area contributed by atoms with Crippen LogP contribution in [0.15, 0.2) is 42.5 Å². The molecule has 0 saturated carbocycles. The normalized spacial score (nSPS) is 13.6. The number of nitrogens with zero attached hydrogens (tertiary/aromatic N) is 1. The highest BCUT2D eigenvalue weighted by molar-refractivity contribution is 5.94. The van der Waals surface area contributed by atoms with E-state index < -0.39 is 0 Å². The van der Waals surface area contributed by atoms with Crippen LogP contribution in [-0.2, 0) is 13.1 Å². The first kappa shape index (κ1) is 13.9. The van der Waals surface area contributed by atoms with E-state index in [1.807, 2.05) is 23.1 Å². The van der Waals surface area contributed by atoms with Crippen molar-refractivity contribution in [1.82, 2.24) is 4.90 Å². The summed E-state index contributed by atoms with van der Waals surface area (Å²) in [6.07, 6.45) is 0. The third-order valence-corrected chi connectivity index (χ3v) is 4.17. The van der Waals surface area contributed by atoms with E-state index in [1.165, 1.54) is 22.3 Å². The Morgan fingerprint density at radius 1 is 1.05 bits per heavy atom. The van der Waals surface area contributed by atoms with Gasteiger partial charge in [0.25, 0.3) is 5.91 Å². The van der Waals surface area contributed by atoms with E-state index in [1.54, 1.807) is 0 Å². The third kappa shape index (κ3) is 2.71. The second kappa shape index (κ2) is 5.36. The van der Waals surface area contributed by atoms with E-state index in [0.717, 1.165) is 18.7 Å². The second-order valence-electron chi connectivity index (χ2n) is 6.21. The zero-order valence-electron chi connectivity index (χ0n) is 12.9. The SMILES string of the molecule is Cc1ccc2c(c1)CN(C(=O)c1cccc(C(C)C)c1)C2. The van der Waals surface area contributed by atoms with E-state index >= 15 is 0 Å². The van der Waals surface area contributed by atoms with Crippen molar-refractivity contribution in [2.24, 2.45) is 0 Å². The van der Waals surface area contributed by atoms with Crippen molar-refractivity contribution < 1.29 is 4.79 Å². The van der Waals surface area contributed by atoms with Crippen molar-refractivity contribution in [3.8, 4) is 0 Å². The minimum atomic E-state index is 0.131. The van der Waals surface area contributed by atoms with Gasteiger partial charge in [-0.3, -0.25) is 4.79 Å². The Hall–Kier alpha value is -2.09. The molecule has 108 valence electrons. The molecule has 0 atom stereocenters. The van der Waals surface area contributed by atoms with Crippen LogP contribution in [0.25, 0.3) is 0 Å². The number of carbonyl (C=O) groups excluding carboxylic acids is 1. The van der Waals surface area contributed by atoms with Gasteiger partial charge >= 0.3 is 0 Å². The van der Waals surface area contributed by atoms with Crippen molar-refractivity contribution in [2.75, 3.05) is 0 Å². The monoisotopic (exact) mass is 279 g/mol. The Morgan fingerprint density at radius 3 is 2.57 bits per heavy atom. The lowest BCUT2D eigenvalue weighted by molar-refractivity contribution is 0.0751. The van der Waals surface area contributed by atoms with Gasteiger partial charge in [-0.15, -0.1) is 0 Å². The van der Waals surface area contributed by atoms with E-state index in [-0.39, 0.29) is 5.91 Å². The lowest BCUT2D eigenvalue weighted by Gasteiger charge is -2.16. The Kier molecular flexibility index (Phi) is 3.54.